The fourth-order valence-corrected chi connectivity index (χ4v) is 4.59. The van der Waals surface area contributed by atoms with Gasteiger partial charge in [-0.3, -0.25) is 0 Å². The summed E-state index contributed by atoms with van der Waals surface area (Å²) in [6.45, 7) is 0. The quantitative estimate of drug-likeness (QED) is 0.163. The summed E-state index contributed by atoms with van der Waals surface area (Å²) in [6, 6.07) is 18.4. The molecule has 0 atom stereocenters. The molecule has 3 rings (SSSR count). The van der Waals surface area contributed by atoms with E-state index in [1.807, 2.05) is 0 Å². The van der Waals surface area contributed by atoms with Gasteiger partial charge in [0.05, 0.1) is 22.0 Å². The zero-order valence-electron chi connectivity index (χ0n) is 16.4. The van der Waals surface area contributed by atoms with Crippen molar-refractivity contribution >= 4 is 25.1 Å². The molecule has 0 unspecified atom stereocenters. The number of alkyl halides is 6. The maximum absolute atomic E-state index is 12.8. The Morgan fingerprint density at radius 1 is 0.441 bits per heavy atom. The third-order valence-corrected chi connectivity index (χ3v) is 6.04. The summed E-state index contributed by atoms with van der Waals surface area (Å²) < 4.78 is 136. The molecule has 0 spiro atoms. The molecule has 14 heteroatoms. The van der Waals surface area contributed by atoms with Gasteiger partial charge in [0.25, 0.3) is 0 Å². The van der Waals surface area contributed by atoms with Crippen LogP contribution in [0.25, 0.3) is 0 Å². The van der Waals surface area contributed by atoms with E-state index in [-0.39, 0.29) is 0 Å². The zero-order valence-corrected chi connectivity index (χ0v) is 19.1. The Morgan fingerprint density at radius 2 is 0.706 bits per heavy atom. The molecule has 0 aromatic heterocycles. The molecule has 34 heavy (non-hydrogen) atoms. The SMILES string of the molecule is FC(F)(F)c1ccc([S+](c2ccccc2)c2ccc(C(F)(F)F)cc2)cc1.F[As-](F)(F)(F)(F)F. The number of rotatable bonds is 3. The molecule has 0 amide bonds. The molecule has 0 fully saturated rings. The minimum absolute atomic E-state index is 0.592. The van der Waals surface area contributed by atoms with E-state index in [1.165, 1.54) is 24.3 Å². The molecule has 0 saturated carbocycles. The Hall–Kier alpha value is -2.27. The molecule has 0 saturated heterocycles. The number of hydrogen-bond acceptors (Lipinski definition) is 0. The zero-order chi connectivity index (χ0) is 26.1. The van der Waals surface area contributed by atoms with Gasteiger partial charge >= 0.3 is 47.3 Å². The van der Waals surface area contributed by atoms with Gasteiger partial charge in [-0.2, -0.15) is 26.3 Å². The number of hydrogen-bond donors (Lipinski definition) is 0. The van der Waals surface area contributed by atoms with Gasteiger partial charge in [0.1, 0.15) is 0 Å². The Balaban J connectivity index is 0.000000509. The van der Waals surface area contributed by atoms with Gasteiger partial charge < -0.3 is 0 Å². The summed E-state index contributed by atoms with van der Waals surface area (Å²) in [4.78, 5) is 1.99. The normalized spacial score (nSPS) is 14.6. The molecule has 0 aliphatic carbocycles. The molecule has 0 heterocycles. The van der Waals surface area contributed by atoms with E-state index in [4.69, 9.17) is 0 Å². The number of benzene rings is 3. The third-order valence-electron chi connectivity index (χ3n) is 3.81. The summed E-state index contributed by atoms with van der Waals surface area (Å²) in [7, 11) is -0.819. The topological polar surface area (TPSA) is 0 Å². The molecule has 188 valence electrons. The van der Waals surface area contributed by atoms with E-state index in [9.17, 15) is 47.1 Å². The first-order valence-electron chi connectivity index (χ1n) is 8.81. The van der Waals surface area contributed by atoms with Crippen LogP contribution in [0.1, 0.15) is 11.1 Å². The van der Waals surface area contributed by atoms with Crippen molar-refractivity contribution in [3.8, 4) is 0 Å². The van der Waals surface area contributed by atoms with Crippen molar-refractivity contribution in [2.45, 2.75) is 27.0 Å². The molecule has 0 nitrogen and oxygen atoms in total. The Morgan fingerprint density at radius 3 is 0.971 bits per heavy atom. The van der Waals surface area contributed by atoms with Crippen LogP contribution in [0.4, 0.5) is 47.1 Å². The van der Waals surface area contributed by atoms with Crippen molar-refractivity contribution < 1.29 is 47.1 Å². The Kier molecular flexibility index (Phi) is 7.19. The van der Waals surface area contributed by atoms with Crippen LogP contribution >= 0.6 is 0 Å². The predicted octanol–water partition coefficient (Wildman–Crippen LogP) is 8.96. The van der Waals surface area contributed by atoms with Crippen LogP contribution in [0.2, 0.25) is 0 Å². The molecule has 3 aromatic rings. The van der Waals surface area contributed by atoms with Crippen molar-refractivity contribution in [2.75, 3.05) is 0 Å². The first-order valence-corrected chi connectivity index (χ1v) is 14.3. The van der Waals surface area contributed by atoms with Gasteiger partial charge in [-0.1, -0.05) is 18.2 Å². The average Bonchev–Trinajstić information content (AvgIpc) is 2.66. The van der Waals surface area contributed by atoms with Crippen LogP contribution in [-0.4, -0.2) is 14.2 Å². The summed E-state index contributed by atoms with van der Waals surface area (Å²) in [5.74, 6) is 0. The summed E-state index contributed by atoms with van der Waals surface area (Å²) in [5.41, 5.74) is -1.54. The molecular weight excluding hydrogens is 575 g/mol. The van der Waals surface area contributed by atoms with E-state index in [1.54, 1.807) is 30.3 Å². The molecule has 0 aliphatic heterocycles. The van der Waals surface area contributed by atoms with Crippen molar-refractivity contribution in [3.63, 3.8) is 0 Å². The van der Waals surface area contributed by atoms with Crippen LogP contribution < -0.4 is 0 Å². The Bertz CT molecular complexity index is 1020. The second-order valence-electron chi connectivity index (χ2n) is 6.62. The van der Waals surface area contributed by atoms with E-state index >= 15 is 0 Å². The van der Waals surface area contributed by atoms with Crippen LogP contribution in [0, 0.1) is 0 Å². The second-order valence-corrected chi connectivity index (χ2v) is 12.7. The third kappa shape index (κ3) is 9.92. The summed E-state index contributed by atoms with van der Waals surface area (Å²) >= 11 is -11.1. The van der Waals surface area contributed by atoms with Crippen molar-refractivity contribution in [2.24, 2.45) is 0 Å². The van der Waals surface area contributed by atoms with Crippen LogP contribution in [-0.2, 0) is 23.2 Å². The van der Waals surface area contributed by atoms with Gasteiger partial charge in [0.15, 0.2) is 14.7 Å². The predicted molar refractivity (Wildman–Crippen MR) is 104 cm³/mol. The van der Waals surface area contributed by atoms with Crippen LogP contribution in [0.5, 0.6) is 0 Å². The number of halogens is 12. The second kappa shape index (κ2) is 8.74. The molecule has 0 N–H and O–H groups in total. The van der Waals surface area contributed by atoms with Gasteiger partial charge in [-0.05, 0) is 60.7 Å². The molecular formula is C20H13AsF12S. The van der Waals surface area contributed by atoms with Gasteiger partial charge in [-0.25, -0.2) is 0 Å². The van der Waals surface area contributed by atoms with Gasteiger partial charge in [0.2, 0.25) is 0 Å². The van der Waals surface area contributed by atoms with E-state index in [2.05, 4.69) is 0 Å². The maximum atomic E-state index is 12.8. The van der Waals surface area contributed by atoms with E-state index < -0.39 is 48.5 Å². The van der Waals surface area contributed by atoms with Gasteiger partial charge in [0, 0.05) is 0 Å². The summed E-state index contributed by atoms with van der Waals surface area (Å²) in [5, 5.41) is 0. The molecule has 0 radical (unpaired) electrons. The molecule has 0 bridgehead atoms. The van der Waals surface area contributed by atoms with Crippen LogP contribution in [0.15, 0.2) is 93.5 Å². The fraction of sp³-hybridized carbons (Fsp3) is 0.100. The molecule has 3 aromatic carbocycles. The minimum atomic E-state index is -11.1. The van der Waals surface area contributed by atoms with Crippen molar-refractivity contribution in [3.05, 3.63) is 90.0 Å². The standard InChI is InChI=1S/C20H13F6S.AsF6/c21-19(22,23)14-6-10-17(11-7-14)27(16-4-2-1-3-5-16)18-12-8-15(9-13-18)20(24,25)26;2-1(3,4,5,6)7/h1-13H;/q+1;-1. The summed E-state index contributed by atoms with van der Waals surface area (Å²) in [6.07, 6.45) is -8.89. The van der Waals surface area contributed by atoms with Gasteiger partial charge in [-0.15, -0.1) is 0 Å². The fourth-order valence-electron chi connectivity index (χ4n) is 2.52. The average molecular weight is 588 g/mol. The van der Waals surface area contributed by atoms with Crippen molar-refractivity contribution in [1.29, 1.82) is 0 Å². The van der Waals surface area contributed by atoms with Crippen LogP contribution in [0.3, 0.4) is 0 Å². The van der Waals surface area contributed by atoms with E-state index in [0.29, 0.717) is 9.79 Å². The monoisotopic (exact) mass is 588 g/mol. The Labute approximate surface area is 189 Å². The first-order chi connectivity index (χ1) is 15.1. The van der Waals surface area contributed by atoms with Crippen molar-refractivity contribution in [1.82, 2.24) is 0 Å². The molecule has 0 aliphatic rings. The first kappa shape index (κ1) is 28.0. The van der Waals surface area contributed by atoms with E-state index in [0.717, 1.165) is 29.2 Å².